The molecule has 8 heteroatoms. The van der Waals surface area contributed by atoms with Crippen molar-refractivity contribution < 1.29 is 24.6 Å². The van der Waals surface area contributed by atoms with Gasteiger partial charge in [-0.15, -0.1) is 0 Å². The van der Waals surface area contributed by atoms with Crippen molar-refractivity contribution in [2.24, 2.45) is 11.7 Å². The topological polar surface area (TPSA) is 146 Å². The average molecular weight is 375 g/mol. The van der Waals surface area contributed by atoms with E-state index < -0.39 is 35.8 Å². The molecule has 8 nitrogen and oxygen atoms in total. The molecule has 0 aliphatic rings. The van der Waals surface area contributed by atoms with Crippen LogP contribution in [0.5, 0.6) is 0 Å². The number of carboxylic acid groups (broad SMARTS) is 2. The van der Waals surface area contributed by atoms with Gasteiger partial charge >= 0.3 is 11.9 Å². The highest BCUT2D eigenvalue weighted by atomic mass is 16.4. The number of aromatic nitrogens is 1. The number of nitrogens with one attached hydrogen (secondary N) is 2. The van der Waals surface area contributed by atoms with Crippen LogP contribution >= 0.6 is 0 Å². The van der Waals surface area contributed by atoms with Crippen LogP contribution in [0.15, 0.2) is 30.5 Å². The Balaban J connectivity index is 2.30. The lowest BCUT2D eigenvalue weighted by Crippen LogP contribution is -2.59. The predicted octanol–water partition coefficient (Wildman–Crippen LogP) is 1.50. The van der Waals surface area contributed by atoms with Gasteiger partial charge in [-0.25, -0.2) is 4.79 Å². The number of para-hydroxylation sites is 1. The van der Waals surface area contributed by atoms with E-state index in [-0.39, 0.29) is 18.8 Å². The first-order chi connectivity index (χ1) is 12.6. The van der Waals surface area contributed by atoms with Crippen LogP contribution in [0, 0.1) is 5.92 Å². The largest absolute Gasteiger partial charge is 0.481 e. The molecule has 0 spiro atoms. The highest BCUT2D eigenvalue weighted by Gasteiger charge is 2.39. The number of carbonyl (C=O) groups is 3. The second kappa shape index (κ2) is 8.22. The zero-order valence-electron chi connectivity index (χ0n) is 15.4. The predicted molar refractivity (Wildman–Crippen MR) is 100 cm³/mol. The fourth-order valence-corrected chi connectivity index (χ4v) is 3.11. The summed E-state index contributed by atoms with van der Waals surface area (Å²) in [6, 6.07) is 6.26. The monoisotopic (exact) mass is 375 g/mol. The zero-order valence-corrected chi connectivity index (χ0v) is 15.4. The summed E-state index contributed by atoms with van der Waals surface area (Å²) in [5.41, 5.74) is 5.96. The minimum atomic E-state index is -1.78. The molecule has 2 rings (SSSR count). The molecule has 0 unspecified atom stereocenters. The van der Waals surface area contributed by atoms with Gasteiger partial charge in [-0.05, 0) is 24.0 Å². The molecule has 27 heavy (non-hydrogen) atoms. The van der Waals surface area contributed by atoms with E-state index in [2.05, 4.69) is 10.3 Å². The Morgan fingerprint density at radius 3 is 2.48 bits per heavy atom. The number of hydrogen-bond acceptors (Lipinski definition) is 4. The number of H-pyrrole nitrogens is 1. The molecular weight excluding hydrogens is 350 g/mol. The molecule has 1 aromatic carbocycles. The molecule has 0 fully saturated rings. The minimum absolute atomic E-state index is 0.0339. The van der Waals surface area contributed by atoms with Gasteiger partial charge in [0.1, 0.15) is 11.6 Å². The molecule has 2 atom stereocenters. The van der Waals surface area contributed by atoms with Crippen molar-refractivity contribution in [3.8, 4) is 0 Å². The summed E-state index contributed by atoms with van der Waals surface area (Å²) in [5, 5.41) is 21.8. The Bertz CT molecular complexity index is 845. The summed E-state index contributed by atoms with van der Waals surface area (Å²) in [6.45, 7) is 3.67. The normalized spacial score (nSPS) is 14.7. The van der Waals surface area contributed by atoms with Crippen LogP contribution in [0.3, 0.4) is 0 Å². The summed E-state index contributed by atoms with van der Waals surface area (Å²) in [6.07, 6.45) is 1.25. The first-order valence-electron chi connectivity index (χ1n) is 8.72. The SMILES string of the molecule is CC(C)C[C@H](NC(=O)[C@](N)(CC(=O)O)Cc1c[nH]c2ccccc12)C(=O)O. The lowest BCUT2D eigenvalue weighted by Gasteiger charge is -2.28. The zero-order chi connectivity index (χ0) is 20.2. The van der Waals surface area contributed by atoms with Gasteiger partial charge in [-0.3, -0.25) is 9.59 Å². The number of carboxylic acids is 2. The Kier molecular flexibility index (Phi) is 6.22. The van der Waals surface area contributed by atoms with E-state index in [1.165, 1.54) is 0 Å². The van der Waals surface area contributed by atoms with Crippen molar-refractivity contribution in [3.05, 3.63) is 36.0 Å². The van der Waals surface area contributed by atoms with Gasteiger partial charge in [0, 0.05) is 23.5 Å². The molecule has 0 aliphatic carbocycles. The number of nitrogens with two attached hydrogens (primary N) is 1. The van der Waals surface area contributed by atoms with Crippen molar-refractivity contribution in [1.29, 1.82) is 0 Å². The van der Waals surface area contributed by atoms with Gasteiger partial charge in [0.15, 0.2) is 0 Å². The molecule has 1 aromatic heterocycles. The van der Waals surface area contributed by atoms with Crippen molar-refractivity contribution >= 4 is 28.7 Å². The standard InChI is InChI=1S/C19H25N3O5/c1-11(2)7-15(17(25)26)22-18(27)19(20,9-16(23)24)8-12-10-21-14-6-4-3-5-13(12)14/h3-6,10-11,15,21H,7-9,20H2,1-2H3,(H,22,27)(H,23,24)(H,25,26)/t15-,19+/m0/s1. The van der Waals surface area contributed by atoms with E-state index >= 15 is 0 Å². The molecule has 2 aromatic rings. The van der Waals surface area contributed by atoms with E-state index in [1.807, 2.05) is 38.1 Å². The first-order valence-corrected chi connectivity index (χ1v) is 8.72. The Morgan fingerprint density at radius 1 is 1.22 bits per heavy atom. The fourth-order valence-electron chi connectivity index (χ4n) is 3.11. The van der Waals surface area contributed by atoms with Crippen LogP contribution in [0.25, 0.3) is 10.9 Å². The van der Waals surface area contributed by atoms with Crippen LogP contribution in [0.4, 0.5) is 0 Å². The number of rotatable bonds is 9. The summed E-state index contributed by atoms with van der Waals surface area (Å²) >= 11 is 0. The Labute approximate surface area is 156 Å². The molecule has 0 saturated heterocycles. The van der Waals surface area contributed by atoms with E-state index in [0.29, 0.717) is 5.56 Å². The summed E-state index contributed by atoms with van der Waals surface area (Å²) in [5.74, 6) is -3.17. The second-order valence-corrected chi connectivity index (χ2v) is 7.26. The minimum Gasteiger partial charge on any atom is -0.481 e. The third-order valence-electron chi connectivity index (χ3n) is 4.41. The van der Waals surface area contributed by atoms with Crippen LogP contribution in [0.2, 0.25) is 0 Å². The van der Waals surface area contributed by atoms with Gasteiger partial charge in [-0.2, -0.15) is 0 Å². The number of benzene rings is 1. The van der Waals surface area contributed by atoms with Crippen LogP contribution in [0.1, 0.15) is 32.3 Å². The van der Waals surface area contributed by atoms with Crippen LogP contribution in [-0.2, 0) is 20.8 Å². The van der Waals surface area contributed by atoms with Crippen molar-refractivity contribution in [2.45, 2.75) is 44.7 Å². The molecule has 1 amide bonds. The number of aromatic amines is 1. The molecule has 0 radical (unpaired) electrons. The third-order valence-corrected chi connectivity index (χ3v) is 4.41. The number of amides is 1. The molecule has 0 saturated carbocycles. The number of aliphatic carboxylic acids is 2. The summed E-state index contributed by atoms with van der Waals surface area (Å²) in [4.78, 5) is 38.6. The summed E-state index contributed by atoms with van der Waals surface area (Å²) in [7, 11) is 0. The average Bonchev–Trinajstić information content (AvgIpc) is 2.96. The van der Waals surface area contributed by atoms with Crippen LogP contribution in [-0.4, -0.2) is 44.6 Å². The maximum Gasteiger partial charge on any atom is 0.326 e. The maximum atomic E-state index is 12.8. The molecule has 146 valence electrons. The number of carbonyl (C=O) groups excluding carboxylic acids is 1. The summed E-state index contributed by atoms with van der Waals surface area (Å²) < 4.78 is 0. The van der Waals surface area contributed by atoms with Crippen molar-refractivity contribution in [1.82, 2.24) is 10.3 Å². The molecule has 0 aliphatic heterocycles. The molecule has 0 bridgehead atoms. The Morgan fingerprint density at radius 2 is 1.89 bits per heavy atom. The molecular formula is C19H25N3O5. The van der Waals surface area contributed by atoms with Gasteiger partial charge in [-0.1, -0.05) is 32.0 Å². The maximum absolute atomic E-state index is 12.8. The van der Waals surface area contributed by atoms with E-state index in [1.54, 1.807) is 6.20 Å². The van der Waals surface area contributed by atoms with Gasteiger partial charge in [0.05, 0.1) is 6.42 Å². The highest BCUT2D eigenvalue weighted by Crippen LogP contribution is 2.24. The van der Waals surface area contributed by atoms with Crippen molar-refractivity contribution in [2.75, 3.05) is 0 Å². The van der Waals surface area contributed by atoms with Gasteiger partial charge in [0.25, 0.3) is 0 Å². The van der Waals surface area contributed by atoms with E-state index in [0.717, 1.165) is 10.9 Å². The van der Waals surface area contributed by atoms with Gasteiger partial charge < -0.3 is 26.2 Å². The molecule has 6 N–H and O–H groups in total. The first kappa shape index (κ1) is 20.4. The van der Waals surface area contributed by atoms with Crippen LogP contribution < -0.4 is 11.1 Å². The highest BCUT2D eigenvalue weighted by molar-refractivity contribution is 5.94. The van der Waals surface area contributed by atoms with E-state index in [9.17, 15) is 24.6 Å². The number of hydrogen-bond donors (Lipinski definition) is 5. The number of fused-ring (bicyclic) bond motifs is 1. The molecule has 1 heterocycles. The lowest BCUT2D eigenvalue weighted by atomic mass is 9.87. The van der Waals surface area contributed by atoms with Crippen molar-refractivity contribution in [3.63, 3.8) is 0 Å². The van der Waals surface area contributed by atoms with Gasteiger partial charge in [0.2, 0.25) is 5.91 Å². The second-order valence-electron chi connectivity index (χ2n) is 7.26. The Hall–Kier alpha value is -2.87. The fraction of sp³-hybridized carbons (Fsp3) is 0.421. The quantitative estimate of drug-likeness (QED) is 0.449. The lowest BCUT2D eigenvalue weighted by molar-refractivity contribution is -0.145. The van der Waals surface area contributed by atoms with E-state index in [4.69, 9.17) is 5.73 Å². The third kappa shape index (κ3) is 5.07. The smallest absolute Gasteiger partial charge is 0.326 e.